The average molecular weight is 393 g/mol. The van der Waals surface area contributed by atoms with Crippen LogP contribution in [0.1, 0.15) is 36.8 Å². The normalized spacial score (nSPS) is 23.2. The highest BCUT2D eigenvalue weighted by Gasteiger charge is 2.27. The second-order valence-electron chi connectivity index (χ2n) is 8.57. The third-order valence-corrected chi connectivity index (χ3v) is 6.49. The molecule has 2 aliphatic carbocycles. The van der Waals surface area contributed by atoms with Gasteiger partial charge in [-0.15, -0.1) is 0 Å². The van der Waals surface area contributed by atoms with Crippen LogP contribution in [0.5, 0.6) is 0 Å². The molecule has 2 fully saturated rings. The van der Waals surface area contributed by atoms with Crippen molar-refractivity contribution < 1.29 is 0 Å². The van der Waals surface area contributed by atoms with E-state index in [1.807, 2.05) is 0 Å². The van der Waals surface area contributed by atoms with Crippen LogP contribution >= 0.6 is 0 Å². The number of benzene rings is 3. The SMILES string of the molecule is c1ccc(CC2CCC2=Nc2ccc(N=C3CCC3Cc3ccccc3)cc2)cc1. The minimum absolute atomic E-state index is 0.598. The molecule has 3 aromatic carbocycles. The summed E-state index contributed by atoms with van der Waals surface area (Å²) in [6.07, 6.45) is 6.97. The lowest BCUT2D eigenvalue weighted by molar-refractivity contribution is 0.551. The number of rotatable bonds is 6. The molecular weight excluding hydrogens is 364 g/mol. The summed E-state index contributed by atoms with van der Waals surface area (Å²) in [5, 5.41) is 0. The molecule has 30 heavy (non-hydrogen) atoms. The van der Waals surface area contributed by atoms with Crippen molar-refractivity contribution in [3.8, 4) is 0 Å². The zero-order valence-corrected chi connectivity index (χ0v) is 17.4. The molecule has 0 bridgehead atoms. The van der Waals surface area contributed by atoms with Gasteiger partial charge in [-0.2, -0.15) is 0 Å². The second-order valence-corrected chi connectivity index (χ2v) is 8.57. The molecule has 2 unspecified atom stereocenters. The van der Waals surface area contributed by atoms with Crippen LogP contribution in [0.3, 0.4) is 0 Å². The van der Waals surface area contributed by atoms with E-state index in [0.717, 1.165) is 37.1 Å². The first-order valence-electron chi connectivity index (χ1n) is 11.2. The Bertz CT molecular complexity index is 947. The van der Waals surface area contributed by atoms with Gasteiger partial charge in [-0.25, -0.2) is 0 Å². The Morgan fingerprint density at radius 1 is 0.533 bits per heavy atom. The Labute approximate surface area is 179 Å². The van der Waals surface area contributed by atoms with Crippen molar-refractivity contribution in [2.75, 3.05) is 0 Å². The quantitative estimate of drug-likeness (QED) is 0.426. The Kier molecular flexibility index (Phi) is 5.56. The molecule has 2 heteroatoms. The Balaban J connectivity index is 1.21. The fourth-order valence-electron chi connectivity index (χ4n) is 4.42. The van der Waals surface area contributed by atoms with Crippen molar-refractivity contribution in [3.63, 3.8) is 0 Å². The molecule has 0 aliphatic heterocycles. The molecule has 0 spiro atoms. The summed E-state index contributed by atoms with van der Waals surface area (Å²) in [6.45, 7) is 0. The first-order chi connectivity index (χ1) is 14.8. The van der Waals surface area contributed by atoms with Crippen LogP contribution in [0.15, 0.2) is 94.9 Å². The molecule has 2 saturated carbocycles. The molecule has 0 radical (unpaired) electrons. The van der Waals surface area contributed by atoms with Crippen molar-refractivity contribution in [1.29, 1.82) is 0 Å². The van der Waals surface area contributed by atoms with Crippen molar-refractivity contribution in [2.45, 2.75) is 38.5 Å². The van der Waals surface area contributed by atoms with Crippen molar-refractivity contribution in [1.82, 2.24) is 0 Å². The number of hydrogen-bond acceptors (Lipinski definition) is 2. The van der Waals surface area contributed by atoms with Gasteiger partial charge in [0.2, 0.25) is 0 Å². The molecule has 2 nitrogen and oxygen atoms in total. The fourth-order valence-corrected chi connectivity index (χ4v) is 4.42. The monoisotopic (exact) mass is 392 g/mol. The minimum atomic E-state index is 0.598. The van der Waals surface area contributed by atoms with E-state index in [9.17, 15) is 0 Å². The summed E-state index contributed by atoms with van der Waals surface area (Å²) in [7, 11) is 0. The van der Waals surface area contributed by atoms with Gasteiger partial charge < -0.3 is 0 Å². The molecule has 0 saturated heterocycles. The van der Waals surface area contributed by atoms with Gasteiger partial charge in [0, 0.05) is 23.3 Å². The maximum absolute atomic E-state index is 4.94. The van der Waals surface area contributed by atoms with E-state index in [2.05, 4.69) is 84.9 Å². The Morgan fingerprint density at radius 2 is 0.933 bits per heavy atom. The molecule has 5 rings (SSSR count). The topological polar surface area (TPSA) is 24.7 Å². The van der Waals surface area contributed by atoms with E-state index < -0.39 is 0 Å². The van der Waals surface area contributed by atoms with E-state index in [1.165, 1.54) is 35.4 Å². The van der Waals surface area contributed by atoms with Crippen LogP contribution in [0.2, 0.25) is 0 Å². The number of aliphatic imine (C=N–C) groups is 2. The first-order valence-corrected chi connectivity index (χ1v) is 11.2. The number of hydrogen-bond donors (Lipinski definition) is 0. The second kappa shape index (κ2) is 8.79. The molecule has 2 atom stereocenters. The van der Waals surface area contributed by atoms with Gasteiger partial charge in [0.1, 0.15) is 0 Å². The summed E-state index contributed by atoms with van der Waals surface area (Å²) in [5.74, 6) is 1.20. The zero-order chi connectivity index (χ0) is 20.2. The van der Waals surface area contributed by atoms with Crippen molar-refractivity contribution in [2.24, 2.45) is 21.8 Å². The zero-order valence-electron chi connectivity index (χ0n) is 17.4. The summed E-state index contributed by atoms with van der Waals surface area (Å²) in [5.41, 5.74) is 7.63. The van der Waals surface area contributed by atoms with E-state index in [1.54, 1.807) is 0 Å². The van der Waals surface area contributed by atoms with Gasteiger partial charge in [0.25, 0.3) is 0 Å². The van der Waals surface area contributed by atoms with Crippen LogP contribution in [-0.2, 0) is 12.8 Å². The predicted octanol–water partition coefficient (Wildman–Crippen LogP) is 7.14. The predicted molar refractivity (Wildman–Crippen MR) is 126 cm³/mol. The van der Waals surface area contributed by atoms with Crippen LogP contribution in [-0.4, -0.2) is 11.4 Å². The summed E-state index contributed by atoms with van der Waals surface area (Å²) in [6, 6.07) is 30.0. The third kappa shape index (κ3) is 4.43. The van der Waals surface area contributed by atoms with Crippen LogP contribution < -0.4 is 0 Å². The van der Waals surface area contributed by atoms with E-state index in [0.29, 0.717) is 11.8 Å². The van der Waals surface area contributed by atoms with Crippen LogP contribution in [0.4, 0.5) is 11.4 Å². The maximum atomic E-state index is 4.94. The molecule has 0 aromatic heterocycles. The maximum Gasteiger partial charge on any atom is 0.0630 e. The highest BCUT2D eigenvalue weighted by atomic mass is 14.8. The fraction of sp³-hybridized carbons (Fsp3) is 0.286. The van der Waals surface area contributed by atoms with Gasteiger partial charge in [-0.1, -0.05) is 60.7 Å². The van der Waals surface area contributed by atoms with Crippen molar-refractivity contribution >= 4 is 22.8 Å². The highest BCUT2D eigenvalue weighted by molar-refractivity contribution is 5.95. The van der Waals surface area contributed by atoms with E-state index in [4.69, 9.17) is 9.98 Å². The molecular formula is C28H28N2. The third-order valence-electron chi connectivity index (χ3n) is 6.49. The Morgan fingerprint density at radius 3 is 1.27 bits per heavy atom. The molecule has 0 N–H and O–H groups in total. The Hall–Kier alpha value is -3.00. The van der Waals surface area contributed by atoms with E-state index in [-0.39, 0.29) is 0 Å². The lowest BCUT2D eigenvalue weighted by atomic mass is 9.78. The standard InChI is InChI=1S/C28H28N2/c1-3-7-21(8-4-1)19-23-11-17-27(23)29-25-13-15-26(16-14-25)30-28-18-12-24(28)20-22-9-5-2-6-10-22/h1-10,13-16,23-24H,11-12,17-20H2. The van der Waals surface area contributed by atoms with Gasteiger partial charge in [-0.3, -0.25) is 9.98 Å². The summed E-state index contributed by atoms with van der Waals surface area (Å²) >= 11 is 0. The van der Waals surface area contributed by atoms with Crippen molar-refractivity contribution in [3.05, 3.63) is 96.1 Å². The molecule has 0 amide bonds. The molecule has 2 aliphatic rings. The summed E-state index contributed by atoms with van der Waals surface area (Å²) < 4.78 is 0. The van der Waals surface area contributed by atoms with Gasteiger partial charge >= 0.3 is 0 Å². The lowest BCUT2D eigenvalue weighted by Gasteiger charge is -2.29. The van der Waals surface area contributed by atoms with Gasteiger partial charge in [0.15, 0.2) is 0 Å². The minimum Gasteiger partial charge on any atom is -0.258 e. The van der Waals surface area contributed by atoms with Crippen LogP contribution in [0, 0.1) is 11.8 Å². The molecule has 3 aromatic rings. The van der Waals surface area contributed by atoms with Gasteiger partial charge in [-0.05, 0) is 73.9 Å². The van der Waals surface area contributed by atoms with E-state index >= 15 is 0 Å². The number of nitrogens with zero attached hydrogens (tertiary/aromatic N) is 2. The molecule has 0 heterocycles. The first kappa shape index (κ1) is 19.0. The summed E-state index contributed by atoms with van der Waals surface area (Å²) in [4.78, 5) is 9.87. The average Bonchev–Trinajstić information content (AvgIpc) is 2.79. The highest BCUT2D eigenvalue weighted by Crippen LogP contribution is 2.33. The lowest BCUT2D eigenvalue weighted by Crippen LogP contribution is -2.27. The smallest absolute Gasteiger partial charge is 0.0630 e. The largest absolute Gasteiger partial charge is 0.258 e. The van der Waals surface area contributed by atoms with Crippen LogP contribution in [0.25, 0.3) is 0 Å². The van der Waals surface area contributed by atoms with Gasteiger partial charge in [0.05, 0.1) is 11.4 Å². The molecule has 150 valence electrons.